The normalized spacial score (nSPS) is 31.0. The Hall–Kier alpha value is -3.17. The molecule has 4 aromatic heterocycles. The number of H-pyrrole nitrogens is 1. The number of nitrogens with two attached hydrogens (primary N) is 1. The van der Waals surface area contributed by atoms with E-state index in [-0.39, 0.29) is 16.9 Å². The van der Waals surface area contributed by atoms with Crippen molar-refractivity contribution in [3.63, 3.8) is 0 Å². The summed E-state index contributed by atoms with van der Waals surface area (Å²) in [5.41, 5.74) is 6.15. The lowest BCUT2D eigenvalue weighted by molar-refractivity contribution is -0.0593. The summed E-state index contributed by atoms with van der Waals surface area (Å²) in [5.74, 6) is -0.478. The number of imidazole rings is 2. The van der Waals surface area contributed by atoms with Crippen LogP contribution in [-0.2, 0) is 36.7 Å². The molecule has 0 spiro atoms. The van der Waals surface area contributed by atoms with Crippen LogP contribution in [0.15, 0.2) is 36.0 Å². The highest BCUT2D eigenvalue weighted by atomic mass is 31.2. The summed E-state index contributed by atoms with van der Waals surface area (Å²) in [6.45, 7) is 0.429. The molecular formula is C23H30N8O13P2. The summed E-state index contributed by atoms with van der Waals surface area (Å²) >= 11 is 0. The average Bonchev–Trinajstić information content (AvgIpc) is 3.78. The van der Waals surface area contributed by atoms with Gasteiger partial charge >= 0.3 is 15.6 Å². The molecule has 250 valence electrons. The fourth-order valence-electron chi connectivity index (χ4n) is 5.28. The first-order chi connectivity index (χ1) is 21.8. The second-order valence-electron chi connectivity index (χ2n) is 10.5. The Labute approximate surface area is 258 Å². The summed E-state index contributed by atoms with van der Waals surface area (Å²) in [7, 11) is -8.58. The van der Waals surface area contributed by atoms with Gasteiger partial charge < -0.3 is 44.8 Å². The third kappa shape index (κ3) is 6.13. The van der Waals surface area contributed by atoms with Gasteiger partial charge in [-0.2, -0.15) is 0 Å². The van der Waals surface area contributed by atoms with Crippen molar-refractivity contribution < 1.29 is 56.7 Å². The number of hydrogen-bond donors (Lipinski definition) is 6. The highest BCUT2D eigenvalue weighted by molar-refractivity contribution is 7.47. The predicted octanol–water partition coefficient (Wildman–Crippen LogP) is -0.435. The molecule has 2 fully saturated rings. The SMILES string of the molecule is COP(=O)(O)OC[C@H]1O[C@@H](n2cnc3c(=O)[nH]ccc32)[C@H](OP(=O)(O)OC[C@H]2O[C@@H](n3cnc4c(N)ncnc43)[C@H](O)[C@@H]2C)[C@@H]1O. The third-order valence-electron chi connectivity index (χ3n) is 7.77. The first kappa shape index (κ1) is 32.8. The molecule has 0 aliphatic carbocycles. The lowest BCUT2D eigenvalue weighted by Gasteiger charge is -2.25. The van der Waals surface area contributed by atoms with Crippen LogP contribution in [0.4, 0.5) is 5.82 Å². The highest BCUT2D eigenvalue weighted by Crippen LogP contribution is 2.51. The Morgan fingerprint density at radius 3 is 2.39 bits per heavy atom. The molecule has 4 aromatic rings. The highest BCUT2D eigenvalue weighted by Gasteiger charge is 2.51. The van der Waals surface area contributed by atoms with Crippen LogP contribution < -0.4 is 11.3 Å². The summed E-state index contributed by atoms with van der Waals surface area (Å²) < 4.78 is 59.5. The number of nitrogen functional groups attached to an aromatic ring is 1. The standard InChI is InChI=1S/C23H30N8O13P2/c1-10-12(42-22(16(10)32)31-9-29-15-19(24)26-7-27-20(15)31)5-41-46(37,38)44-18-17(33)13(6-40-45(35,36)39-2)43-23(18)30-8-28-14-11(30)3-4-25-21(14)34/h3-4,7-10,12-13,16-18,22-23,32-33H,5-6H2,1-2H3,(H,25,34)(H,35,36)(H,37,38)(H2,24,26,27)/t10-,12-,13-,16-,17-,18-,22-,23-/m1/s1. The van der Waals surface area contributed by atoms with E-state index in [4.69, 9.17) is 28.8 Å². The van der Waals surface area contributed by atoms with E-state index in [0.717, 1.165) is 7.11 Å². The monoisotopic (exact) mass is 688 g/mol. The van der Waals surface area contributed by atoms with Gasteiger partial charge in [-0.05, 0) is 6.07 Å². The lowest BCUT2D eigenvalue weighted by Crippen LogP contribution is -2.35. The molecule has 46 heavy (non-hydrogen) atoms. The van der Waals surface area contributed by atoms with E-state index in [2.05, 4.69) is 29.4 Å². The van der Waals surface area contributed by atoms with Crippen LogP contribution in [-0.4, -0.2) is 105 Å². The maximum atomic E-state index is 13.3. The van der Waals surface area contributed by atoms with Crippen molar-refractivity contribution in [2.24, 2.45) is 5.92 Å². The van der Waals surface area contributed by atoms with Crippen molar-refractivity contribution in [1.29, 1.82) is 0 Å². The molecule has 0 amide bonds. The minimum Gasteiger partial charge on any atom is -0.388 e. The molecule has 2 aliphatic heterocycles. The molecule has 2 aliphatic rings. The van der Waals surface area contributed by atoms with Gasteiger partial charge in [0.2, 0.25) is 0 Å². The van der Waals surface area contributed by atoms with Gasteiger partial charge in [-0.1, -0.05) is 6.92 Å². The number of anilines is 1. The molecule has 23 heteroatoms. The number of nitrogens with zero attached hydrogens (tertiary/aromatic N) is 6. The van der Waals surface area contributed by atoms with Crippen molar-refractivity contribution in [3.05, 3.63) is 41.6 Å². The molecule has 0 bridgehead atoms. The second-order valence-corrected chi connectivity index (χ2v) is 13.5. The largest absolute Gasteiger partial charge is 0.472 e. The van der Waals surface area contributed by atoms with Gasteiger partial charge in [0.25, 0.3) is 5.56 Å². The molecule has 0 aromatic carbocycles. The summed E-state index contributed by atoms with van der Waals surface area (Å²) in [4.78, 5) is 51.3. The quantitative estimate of drug-likeness (QED) is 0.109. The van der Waals surface area contributed by atoms with Crippen LogP contribution in [0.3, 0.4) is 0 Å². The van der Waals surface area contributed by atoms with Crippen molar-refractivity contribution >= 4 is 43.7 Å². The average molecular weight is 688 g/mol. The topological polar surface area (TPSA) is 291 Å². The van der Waals surface area contributed by atoms with Crippen LogP contribution in [0.1, 0.15) is 19.4 Å². The van der Waals surface area contributed by atoms with Gasteiger partial charge in [-0.3, -0.25) is 27.5 Å². The Bertz CT molecular complexity index is 1890. The molecule has 21 nitrogen and oxygen atoms in total. The van der Waals surface area contributed by atoms with Crippen molar-refractivity contribution in [1.82, 2.24) is 34.1 Å². The van der Waals surface area contributed by atoms with Gasteiger partial charge in [-0.25, -0.2) is 29.1 Å². The van der Waals surface area contributed by atoms with E-state index in [9.17, 15) is 33.9 Å². The van der Waals surface area contributed by atoms with E-state index in [1.807, 2.05) is 0 Å². The fraction of sp³-hybridized carbons (Fsp3) is 0.522. The van der Waals surface area contributed by atoms with Gasteiger partial charge in [0.15, 0.2) is 29.4 Å². The second kappa shape index (κ2) is 12.5. The molecule has 0 radical (unpaired) electrons. The Morgan fingerprint density at radius 2 is 1.63 bits per heavy atom. The van der Waals surface area contributed by atoms with Gasteiger partial charge in [0.1, 0.15) is 36.3 Å². The Kier molecular flexibility index (Phi) is 8.87. The van der Waals surface area contributed by atoms with E-state index in [1.54, 1.807) is 6.92 Å². The molecule has 7 N–H and O–H groups in total. The fourth-order valence-corrected chi connectivity index (χ4v) is 6.66. The summed E-state index contributed by atoms with van der Waals surface area (Å²) in [6.07, 6.45) is -4.02. The van der Waals surface area contributed by atoms with Crippen LogP contribution in [0.25, 0.3) is 22.2 Å². The Morgan fingerprint density at radius 1 is 0.957 bits per heavy atom. The van der Waals surface area contributed by atoms with Gasteiger partial charge in [0, 0.05) is 19.2 Å². The van der Waals surface area contributed by atoms with Crippen molar-refractivity contribution in [2.75, 3.05) is 26.1 Å². The molecule has 6 heterocycles. The van der Waals surface area contributed by atoms with Crippen LogP contribution in [0, 0.1) is 5.92 Å². The molecular weight excluding hydrogens is 658 g/mol. The number of aliphatic hydroxyl groups excluding tert-OH is 2. The number of phosphoric acid groups is 2. The zero-order chi connectivity index (χ0) is 33.0. The minimum atomic E-state index is -5.03. The van der Waals surface area contributed by atoms with Crippen LogP contribution >= 0.6 is 15.6 Å². The van der Waals surface area contributed by atoms with Crippen molar-refractivity contribution in [3.8, 4) is 0 Å². The van der Waals surface area contributed by atoms with Crippen LogP contribution in [0.5, 0.6) is 0 Å². The smallest absolute Gasteiger partial charge is 0.388 e. The van der Waals surface area contributed by atoms with E-state index < -0.39 is 83.3 Å². The first-order valence-corrected chi connectivity index (χ1v) is 16.6. The number of fused-ring (bicyclic) bond motifs is 2. The third-order valence-corrected chi connectivity index (χ3v) is 9.69. The Balaban J connectivity index is 1.19. The number of rotatable bonds is 11. The molecule has 10 atom stereocenters. The van der Waals surface area contributed by atoms with Crippen LogP contribution in [0.2, 0.25) is 0 Å². The van der Waals surface area contributed by atoms with Gasteiger partial charge in [0.05, 0.1) is 37.5 Å². The molecule has 2 unspecified atom stereocenters. The number of phosphoric ester groups is 2. The molecule has 0 saturated carbocycles. The summed E-state index contributed by atoms with van der Waals surface area (Å²) in [6, 6.07) is 1.48. The zero-order valence-corrected chi connectivity index (χ0v) is 25.8. The number of aromatic amines is 1. The minimum absolute atomic E-state index is 0.00187. The number of nitrogens with one attached hydrogen (secondary N) is 1. The van der Waals surface area contributed by atoms with Crippen molar-refractivity contribution in [2.45, 2.75) is 49.9 Å². The van der Waals surface area contributed by atoms with E-state index >= 15 is 0 Å². The lowest BCUT2D eigenvalue weighted by atomic mass is 10.0. The molecule has 2 saturated heterocycles. The van der Waals surface area contributed by atoms with E-state index in [1.165, 1.54) is 40.4 Å². The van der Waals surface area contributed by atoms with E-state index in [0.29, 0.717) is 11.2 Å². The number of pyridine rings is 1. The number of aliphatic hydroxyl groups is 2. The maximum Gasteiger partial charge on any atom is 0.472 e. The summed E-state index contributed by atoms with van der Waals surface area (Å²) in [5, 5.41) is 22.0. The number of ether oxygens (including phenoxy) is 2. The molecule has 6 rings (SSSR count). The maximum absolute atomic E-state index is 13.3. The zero-order valence-electron chi connectivity index (χ0n) is 24.0. The first-order valence-electron chi connectivity index (χ1n) is 13.6. The number of hydrogen-bond acceptors (Lipinski definition) is 16. The predicted molar refractivity (Wildman–Crippen MR) is 153 cm³/mol. The number of aromatic nitrogens is 7. The van der Waals surface area contributed by atoms with Gasteiger partial charge in [-0.15, -0.1) is 0 Å².